The number of fused-ring (bicyclic) bond motifs is 1. The standard InChI is InChI=1S/C12H14N2O3/c1-7(2)6-14-9-5-3-4-8(12(16)17)10(9)11(15)13-14/h3-5,7H,6H2,1-2H3,(H,13,15)(H,16,17). The summed E-state index contributed by atoms with van der Waals surface area (Å²) in [6.07, 6.45) is 0. The Labute approximate surface area is 97.7 Å². The smallest absolute Gasteiger partial charge is 0.336 e. The molecule has 0 fully saturated rings. The zero-order valence-electron chi connectivity index (χ0n) is 9.73. The minimum atomic E-state index is -1.08. The summed E-state index contributed by atoms with van der Waals surface area (Å²) in [4.78, 5) is 22.8. The van der Waals surface area contributed by atoms with Crippen LogP contribution in [0.1, 0.15) is 24.2 Å². The fourth-order valence-electron chi connectivity index (χ4n) is 1.93. The number of aromatic nitrogens is 2. The van der Waals surface area contributed by atoms with Gasteiger partial charge < -0.3 is 5.11 Å². The Bertz CT molecular complexity index is 622. The van der Waals surface area contributed by atoms with Crippen molar-refractivity contribution in [3.05, 3.63) is 34.1 Å². The monoisotopic (exact) mass is 234 g/mol. The molecule has 2 aromatic rings. The Hall–Kier alpha value is -2.04. The number of carbonyl (C=O) groups is 1. The van der Waals surface area contributed by atoms with Crippen molar-refractivity contribution in [2.45, 2.75) is 20.4 Å². The fourth-order valence-corrected chi connectivity index (χ4v) is 1.93. The summed E-state index contributed by atoms with van der Waals surface area (Å²) in [7, 11) is 0. The number of rotatable bonds is 3. The van der Waals surface area contributed by atoms with Crippen LogP contribution in [0.2, 0.25) is 0 Å². The van der Waals surface area contributed by atoms with E-state index in [-0.39, 0.29) is 16.5 Å². The highest BCUT2D eigenvalue weighted by Crippen LogP contribution is 2.16. The maximum Gasteiger partial charge on any atom is 0.336 e. The van der Waals surface area contributed by atoms with Gasteiger partial charge in [0.25, 0.3) is 5.56 Å². The van der Waals surface area contributed by atoms with Crippen LogP contribution in [0, 0.1) is 5.92 Å². The molecule has 0 saturated carbocycles. The summed E-state index contributed by atoms with van der Waals surface area (Å²) in [6.45, 7) is 4.72. The maximum atomic E-state index is 11.8. The van der Waals surface area contributed by atoms with Crippen molar-refractivity contribution in [2.75, 3.05) is 0 Å². The van der Waals surface area contributed by atoms with E-state index < -0.39 is 5.97 Å². The first-order valence-corrected chi connectivity index (χ1v) is 5.45. The first kappa shape index (κ1) is 11.4. The van der Waals surface area contributed by atoms with Gasteiger partial charge in [0.1, 0.15) is 0 Å². The molecule has 0 saturated heterocycles. The molecule has 0 unspecified atom stereocenters. The predicted octanol–water partition coefficient (Wildman–Crippen LogP) is 1.68. The molecule has 0 atom stereocenters. The zero-order valence-corrected chi connectivity index (χ0v) is 9.73. The van der Waals surface area contributed by atoms with Crippen LogP contribution in [0.15, 0.2) is 23.0 Å². The number of nitrogens with one attached hydrogen (secondary N) is 1. The highest BCUT2D eigenvalue weighted by Gasteiger charge is 2.15. The molecule has 17 heavy (non-hydrogen) atoms. The number of aromatic carboxylic acids is 1. The lowest BCUT2D eigenvalue weighted by Gasteiger charge is -2.07. The van der Waals surface area contributed by atoms with E-state index in [0.717, 1.165) is 0 Å². The molecule has 0 aliphatic carbocycles. The molecular weight excluding hydrogens is 220 g/mol. The molecule has 0 aliphatic heterocycles. The molecule has 5 heteroatoms. The minimum absolute atomic E-state index is 0.0475. The van der Waals surface area contributed by atoms with E-state index in [0.29, 0.717) is 18.0 Å². The molecule has 0 spiro atoms. The Morgan fingerprint density at radius 2 is 2.18 bits per heavy atom. The lowest BCUT2D eigenvalue weighted by atomic mass is 10.1. The molecule has 1 aromatic heterocycles. The minimum Gasteiger partial charge on any atom is -0.478 e. The number of benzene rings is 1. The highest BCUT2D eigenvalue weighted by atomic mass is 16.4. The van der Waals surface area contributed by atoms with E-state index in [1.165, 1.54) is 6.07 Å². The number of aromatic amines is 1. The van der Waals surface area contributed by atoms with Crippen LogP contribution >= 0.6 is 0 Å². The van der Waals surface area contributed by atoms with Gasteiger partial charge in [-0.05, 0) is 18.1 Å². The van der Waals surface area contributed by atoms with Gasteiger partial charge in [-0.15, -0.1) is 0 Å². The van der Waals surface area contributed by atoms with E-state index >= 15 is 0 Å². The average Bonchev–Trinajstić information content (AvgIpc) is 2.55. The third-order valence-corrected chi connectivity index (χ3v) is 2.57. The van der Waals surface area contributed by atoms with E-state index in [4.69, 9.17) is 5.11 Å². The summed E-state index contributed by atoms with van der Waals surface area (Å²) in [5.74, 6) is -0.710. The number of hydrogen-bond acceptors (Lipinski definition) is 2. The van der Waals surface area contributed by atoms with Crippen LogP contribution in [0.25, 0.3) is 10.9 Å². The largest absolute Gasteiger partial charge is 0.478 e. The SMILES string of the molecule is CC(C)Cn1[nH]c(=O)c2c(C(=O)O)cccc21. The molecule has 2 rings (SSSR count). The van der Waals surface area contributed by atoms with E-state index in [9.17, 15) is 9.59 Å². The number of carboxylic acids is 1. The lowest BCUT2D eigenvalue weighted by Crippen LogP contribution is -2.09. The van der Waals surface area contributed by atoms with Crippen LogP contribution in [0.5, 0.6) is 0 Å². The zero-order chi connectivity index (χ0) is 12.6. The fraction of sp³-hybridized carbons (Fsp3) is 0.333. The van der Waals surface area contributed by atoms with Crippen molar-refractivity contribution in [3.63, 3.8) is 0 Å². The van der Waals surface area contributed by atoms with Crippen molar-refractivity contribution in [3.8, 4) is 0 Å². The van der Waals surface area contributed by atoms with Gasteiger partial charge in [-0.3, -0.25) is 14.6 Å². The lowest BCUT2D eigenvalue weighted by molar-refractivity contribution is 0.0699. The van der Waals surface area contributed by atoms with Crippen LogP contribution in [-0.2, 0) is 6.54 Å². The molecule has 0 aliphatic rings. The molecule has 5 nitrogen and oxygen atoms in total. The topological polar surface area (TPSA) is 75.1 Å². The third-order valence-electron chi connectivity index (χ3n) is 2.57. The van der Waals surface area contributed by atoms with E-state index in [1.807, 2.05) is 13.8 Å². The summed E-state index contributed by atoms with van der Waals surface area (Å²) >= 11 is 0. The second-order valence-electron chi connectivity index (χ2n) is 4.45. The van der Waals surface area contributed by atoms with Gasteiger partial charge in [0.2, 0.25) is 0 Å². The molecule has 1 aromatic carbocycles. The first-order valence-electron chi connectivity index (χ1n) is 5.45. The van der Waals surface area contributed by atoms with Gasteiger partial charge in [-0.2, -0.15) is 0 Å². The summed E-state index contributed by atoms with van der Waals surface area (Å²) in [5, 5.41) is 12.0. The Morgan fingerprint density at radius 1 is 1.47 bits per heavy atom. The molecule has 90 valence electrons. The molecule has 1 heterocycles. The van der Waals surface area contributed by atoms with Crippen LogP contribution in [0.4, 0.5) is 0 Å². The second-order valence-corrected chi connectivity index (χ2v) is 4.45. The maximum absolute atomic E-state index is 11.8. The highest BCUT2D eigenvalue weighted by molar-refractivity contribution is 6.02. The molecule has 0 radical (unpaired) electrons. The normalized spacial score (nSPS) is 11.2. The van der Waals surface area contributed by atoms with E-state index in [2.05, 4.69) is 5.10 Å². The van der Waals surface area contributed by atoms with Crippen LogP contribution in [0.3, 0.4) is 0 Å². The van der Waals surface area contributed by atoms with Gasteiger partial charge in [-0.25, -0.2) is 4.79 Å². The molecule has 2 N–H and O–H groups in total. The van der Waals surface area contributed by atoms with Crippen molar-refractivity contribution in [1.29, 1.82) is 0 Å². The van der Waals surface area contributed by atoms with Gasteiger partial charge in [0, 0.05) is 6.54 Å². The van der Waals surface area contributed by atoms with Gasteiger partial charge in [-0.1, -0.05) is 19.9 Å². The van der Waals surface area contributed by atoms with E-state index in [1.54, 1.807) is 16.8 Å². The van der Waals surface area contributed by atoms with Crippen molar-refractivity contribution < 1.29 is 9.90 Å². The number of nitrogens with zero attached hydrogens (tertiary/aromatic N) is 1. The van der Waals surface area contributed by atoms with Gasteiger partial charge in [0.15, 0.2) is 0 Å². The first-order chi connectivity index (χ1) is 8.00. The predicted molar refractivity (Wildman–Crippen MR) is 64.4 cm³/mol. The summed E-state index contributed by atoms with van der Waals surface area (Å²) in [6, 6.07) is 4.84. The average molecular weight is 234 g/mol. The Morgan fingerprint density at radius 3 is 2.76 bits per heavy atom. The summed E-state index contributed by atoms with van der Waals surface area (Å²) < 4.78 is 1.70. The molecule has 0 amide bonds. The number of carboxylic acid groups (broad SMARTS) is 1. The van der Waals surface area contributed by atoms with Crippen molar-refractivity contribution >= 4 is 16.9 Å². The van der Waals surface area contributed by atoms with Crippen LogP contribution < -0.4 is 5.56 Å². The Kier molecular flexibility index (Phi) is 2.75. The number of hydrogen-bond donors (Lipinski definition) is 2. The number of H-pyrrole nitrogens is 1. The van der Waals surface area contributed by atoms with Gasteiger partial charge in [0.05, 0.1) is 16.5 Å². The molecular formula is C12H14N2O3. The van der Waals surface area contributed by atoms with Crippen molar-refractivity contribution in [1.82, 2.24) is 9.78 Å². The molecule has 0 bridgehead atoms. The third kappa shape index (κ3) is 1.95. The summed E-state index contributed by atoms with van der Waals surface area (Å²) in [5.41, 5.74) is 0.341. The second kappa shape index (κ2) is 4.08. The van der Waals surface area contributed by atoms with Gasteiger partial charge >= 0.3 is 5.97 Å². The Balaban J connectivity index is 2.72. The van der Waals surface area contributed by atoms with Crippen LogP contribution in [-0.4, -0.2) is 20.9 Å². The quantitative estimate of drug-likeness (QED) is 0.848. The van der Waals surface area contributed by atoms with Crippen molar-refractivity contribution in [2.24, 2.45) is 5.92 Å².